The molecule has 1 N–H and O–H groups in total. The molecular formula is C15H29NO2. The Morgan fingerprint density at radius 2 is 1.33 bits per heavy atom. The first kappa shape index (κ1) is 17.3. The minimum Gasteiger partial charge on any atom is -0.396 e. The van der Waals surface area contributed by atoms with E-state index in [0.29, 0.717) is 6.61 Å². The smallest absolute Gasteiger partial charge is 0.0756 e. The molecule has 0 spiro atoms. The molecule has 0 aliphatic carbocycles. The van der Waals surface area contributed by atoms with Crippen LogP contribution in [0.1, 0.15) is 64.2 Å². The number of terminal acetylenes is 1. The van der Waals surface area contributed by atoms with Crippen LogP contribution in [0.4, 0.5) is 0 Å². The summed E-state index contributed by atoms with van der Waals surface area (Å²) >= 11 is 0. The van der Waals surface area contributed by atoms with Crippen molar-refractivity contribution in [1.82, 2.24) is 5.06 Å². The molecule has 0 bridgehead atoms. The number of unbranched alkanes of at least 4 members (excludes halogenated alkanes) is 9. The molecule has 0 aliphatic heterocycles. The maximum atomic E-state index is 8.64. The summed E-state index contributed by atoms with van der Waals surface area (Å²) in [5, 5.41) is 10.1. The first-order valence-corrected chi connectivity index (χ1v) is 7.25. The van der Waals surface area contributed by atoms with Crippen molar-refractivity contribution < 1.29 is 9.94 Å². The maximum absolute atomic E-state index is 8.64. The molecule has 106 valence electrons. The predicted octanol–water partition coefficient (Wildman–Crippen LogP) is 3.33. The third kappa shape index (κ3) is 13.3. The Bertz CT molecular complexity index is 201. The van der Waals surface area contributed by atoms with Crippen LogP contribution in [0.2, 0.25) is 0 Å². The molecule has 0 aliphatic rings. The summed E-state index contributed by atoms with van der Waals surface area (Å²) in [5.74, 6) is 0. The summed E-state index contributed by atoms with van der Waals surface area (Å²) in [6.45, 7) is 1.07. The van der Waals surface area contributed by atoms with Gasteiger partial charge in [-0.2, -0.15) is 0 Å². The number of nitrogens with zero attached hydrogens (tertiary/aromatic N) is 1. The predicted molar refractivity (Wildman–Crippen MR) is 75.8 cm³/mol. The van der Waals surface area contributed by atoms with Crippen LogP contribution in [0.15, 0.2) is 0 Å². The Labute approximate surface area is 112 Å². The molecule has 0 saturated carbocycles. The summed E-state index contributed by atoms with van der Waals surface area (Å²) in [5.41, 5.74) is 0. The van der Waals surface area contributed by atoms with E-state index >= 15 is 0 Å². The highest BCUT2D eigenvalue weighted by molar-refractivity contribution is 4.76. The van der Waals surface area contributed by atoms with Crippen molar-refractivity contribution in [1.29, 1.82) is 0 Å². The SMILES string of the molecule is C#CN(C)OCCCCCCCCCCCCO. The lowest BCUT2D eigenvalue weighted by Gasteiger charge is -2.10. The van der Waals surface area contributed by atoms with E-state index in [2.05, 4.69) is 6.04 Å². The summed E-state index contributed by atoms with van der Waals surface area (Å²) in [4.78, 5) is 5.25. The maximum Gasteiger partial charge on any atom is 0.0756 e. The molecule has 0 fully saturated rings. The van der Waals surface area contributed by atoms with Gasteiger partial charge < -0.3 is 5.11 Å². The van der Waals surface area contributed by atoms with Gasteiger partial charge in [0.2, 0.25) is 0 Å². The number of hydrogen-bond acceptors (Lipinski definition) is 3. The molecule has 3 heteroatoms. The van der Waals surface area contributed by atoms with Gasteiger partial charge in [0.05, 0.1) is 6.61 Å². The van der Waals surface area contributed by atoms with E-state index < -0.39 is 0 Å². The van der Waals surface area contributed by atoms with Crippen LogP contribution in [0, 0.1) is 12.5 Å². The van der Waals surface area contributed by atoms with Crippen LogP contribution in [0.5, 0.6) is 0 Å². The second-order valence-corrected chi connectivity index (χ2v) is 4.72. The van der Waals surface area contributed by atoms with E-state index in [9.17, 15) is 0 Å². The minimum atomic E-state index is 0.344. The second kappa shape index (κ2) is 14.3. The molecule has 0 heterocycles. The van der Waals surface area contributed by atoms with E-state index in [0.717, 1.165) is 19.4 Å². The molecular weight excluding hydrogens is 226 g/mol. The molecule has 3 nitrogen and oxygen atoms in total. The molecule has 0 rings (SSSR count). The average molecular weight is 255 g/mol. The van der Waals surface area contributed by atoms with E-state index in [1.807, 2.05) is 0 Å². The van der Waals surface area contributed by atoms with E-state index in [1.54, 1.807) is 7.05 Å². The topological polar surface area (TPSA) is 32.7 Å². The Morgan fingerprint density at radius 1 is 0.889 bits per heavy atom. The van der Waals surface area contributed by atoms with Gasteiger partial charge in [-0.25, -0.2) is 5.06 Å². The van der Waals surface area contributed by atoms with Gasteiger partial charge in [-0.05, 0) is 12.8 Å². The fraction of sp³-hybridized carbons (Fsp3) is 0.867. The van der Waals surface area contributed by atoms with Crippen LogP contribution in [0.25, 0.3) is 0 Å². The van der Waals surface area contributed by atoms with E-state index in [1.165, 1.54) is 56.4 Å². The molecule has 0 unspecified atom stereocenters. The van der Waals surface area contributed by atoms with Crippen molar-refractivity contribution in [3.8, 4) is 12.5 Å². The summed E-state index contributed by atoms with van der Waals surface area (Å²) in [7, 11) is 1.75. The highest BCUT2D eigenvalue weighted by Crippen LogP contribution is 2.10. The number of rotatable bonds is 13. The van der Waals surface area contributed by atoms with E-state index in [-0.39, 0.29) is 0 Å². The van der Waals surface area contributed by atoms with Crippen molar-refractivity contribution in [3.63, 3.8) is 0 Å². The first-order chi connectivity index (χ1) is 8.81. The lowest BCUT2D eigenvalue weighted by molar-refractivity contribution is -0.0913. The summed E-state index contributed by atoms with van der Waals surface area (Å²) in [6, 6.07) is 2.40. The average Bonchev–Trinajstić information content (AvgIpc) is 2.39. The monoisotopic (exact) mass is 255 g/mol. The molecule has 0 radical (unpaired) electrons. The highest BCUT2D eigenvalue weighted by atomic mass is 16.7. The quantitative estimate of drug-likeness (QED) is 0.237. The lowest BCUT2D eigenvalue weighted by atomic mass is 10.1. The van der Waals surface area contributed by atoms with Crippen LogP contribution in [0.3, 0.4) is 0 Å². The van der Waals surface area contributed by atoms with Crippen LogP contribution >= 0.6 is 0 Å². The summed E-state index contributed by atoms with van der Waals surface area (Å²) in [6.07, 6.45) is 17.5. The van der Waals surface area contributed by atoms with Gasteiger partial charge >= 0.3 is 0 Å². The Morgan fingerprint density at radius 3 is 1.78 bits per heavy atom. The molecule has 0 atom stereocenters. The van der Waals surface area contributed by atoms with Gasteiger partial charge in [-0.1, -0.05) is 57.8 Å². The number of aliphatic hydroxyl groups excluding tert-OH is 1. The lowest BCUT2D eigenvalue weighted by Crippen LogP contribution is -2.12. The van der Waals surface area contributed by atoms with Gasteiger partial charge in [0, 0.05) is 19.7 Å². The third-order valence-corrected chi connectivity index (χ3v) is 3.02. The zero-order valence-electron chi connectivity index (χ0n) is 11.9. The highest BCUT2D eigenvalue weighted by Gasteiger charge is 1.94. The Balaban J connectivity index is 2.97. The standard InChI is InChI=1S/C15H29NO2/c1-3-16(2)18-15-13-11-9-7-5-4-6-8-10-12-14-17/h1,17H,4-15H2,2H3. The zero-order valence-corrected chi connectivity index (χ0v) is 11.9. The van der Waals surface area contributed by atoms with Crippen LogP contribution < -0.4 is 0 Å². The van der Waals surface area contributed by atoms with Gasteiger partial charge in [0.25, 0.3) is 0 Å². The number of hydrogen-bond donors (Lipinski definition) is 1. The zero-order chi connectivity index (χ0) is 13.5. The number of hydroxylamine groups is 2. The Kier molecular flexibility index (Phi) is 13.8. The third-order valence-electron chi connectivity index (χ3n) is 3.02. The van der Waals surface area contributed by atoms with Gasteiger partial charge in [-0.15, -0.1) is 0 Å². The van der Waals surface area contributed by atoms with Crippen molar-refractivity contribution >= 4 is 0 Å². The molecule has 0 aromatic heterocycles. The fourth-order valence-corrected chi connectivity index (χ4v) is 1.87. The fourth-order valence-electron chi connectivity index (χ4n) is 1.87. The molecule has 18 heavy (non-hydrogen) atoms. The molecule has 0 saturated heterocycles. The van der Waals surface area contributed by atoms with Gasteiger partial charge in [0.1, 0.15) is 0 Å². The molecule has 0 aromatic rings. The van der Waals surface area contributed by atoms with Gasteiger partial charge in [-0.3, -0.25) is 4.84 Å². The minimum absolute atomic E-state index is 0.344. The molecule has 0 amide bonds. The number of aliphatic hydroxyl groups is 1. The van der Waals surface area contributed by atoms with Crippen LogP contribution in [-0.2, 0) is 4.84 Å². The largest absolute Gasteiger partial charge is 0.396 e. The van der Waals surface area contributed by atoms with Crippen LogP contribution in [-0.4, -0.2) is 30.4 Å². The van der Waals surface area contributed by atoms with Crippen molar-refractivity contribution in [2.24, 2.45) is 0 Å². The van der Waals surface area contributed by atoms with Crippen molar-refractivity contribution in [2.45, 2.75) is 64.2 Å². The van der Waals surface area contributed by atoms with Crippen molar-refractivity contribution in [2.75, 3.05) is 20.3 Å². The molecule has 0 aromatic carbocycles. The summed E-state index contributed by atoms with van der Waals surface area (Å²) < 4.78 is 0. The second-order valence-electron chi connectivity index (χ2n) is 4.72. The normalized spacial score (nSPS) is 10.3. The van der Waals surface area contributed by atoms with Crippen molar-refractivity contribution in [3.05, 3.63) is 0 Å². The van der Waals surface area contributed by atoms with Gasteiger partial charge in [0.15, 0.2) is 0 Å². The first-order valence-electron chi connectivity index (χ1n) is 7.25. The van der Waals surface area contributed by atoms with E-state index in [4.69, 9.17) is 16.4 Å². The Hall–Kier alpha value is -0.720.